The van der Waals surface area contributed by atoms with Gasteiger partial charge >= 0.3 is 0 Å². The summed E-state index contributed by atoms with van der Waals surface area (Å²) in [6.07, 6.45) is 9.20. The van der Waals surface area contributed by atoms with Crippen molar-refractivity contribution in [1.82, 2.24) is 9.80 Å². The Labute approximate surface area is 237 Å². The molecule has 2 amide bonds. The molecule has 1 aliphatic heterocycles. The third-order valence-electron chi connectivity index (χ3n) is 8.36. The van der Waals surface area contributed by atoms with Crippen LogP contribution in [0.3, 0.4) is 0 Å². The Morgan fingerprint density at radius 1 is 0.550 bits per heavy atom. The van der Waals surface area contributed by atoms with E-state index in [0.29, 0.717) is 37.3 Å². The van der Waals surface area contributed by atoms with Gasteiger partial charge in [-0.15, -0.1) is 0 Å². The highest BCUT2D eigenvalue weighted by molar-refractivity contribution is 5.96. The zero-order valence-electron chi connectivity index (χ0n) is 23.1. The van der Waals surface area contributed by atoms with Crippen molar-refractivity contribution in [2.45, 2.75) is 75.4 Å². The van der Waals surface area contributed by atoms with E-state index >= 15 is 0 Å². The number of piperazine rings is 1. The van der Waals surface area contributed by atoms with Crippen LogP contribution in [0.2, 0.25) is 0 Å². The Morgan fingerprint density at radius 2 is 0.875 bits per heavy atom. The topological polar surface area (TPSA) is 81.1 Å². The van der Waals surface area contributed by atoms with Gasteiger partial charge in [0.15, 0.2) is 0 Å². The molecule has 40 heavy (non-hydrogen) atoms. The number of aliphatic hydroxyl groups is 2. The Kier molecular flexibility index (Phi) is 8.60. The van der Waals surface area contributed by atoms with Gasteiger partial charge < -0.3 is 20.0 Å². The minimum absolute atomic E-state index is 0.0555. The summed E-state index contributed by atoms with van der Waals surface area (Å²) < 4.78 is 0. The second kappa shape index (κ2) is 12.3. The zero-order valence-corrected chi connectivity index (χ0v) is 23.1. The lowest BCUT2D eigenvalue weighted by Gasteiger charge is -2.35. The standard InChI is InChI=1S/C34H38N2O4/c37-31(29-11-7-27(8-12-29)15-21-33(39)17-3-1-4-18-33)35-23-25-36(26-24-35)32(38)30-13-9-28(10-14-30)16-22-34(40)19-5-2-6-20-34/h7-14,39-40H,1-6,17-20,23-26H2. The molecule has 6 heteroatoms. The maximum Gasteiger partial charge on any atom is 0.253 e. The van der Waals surface area contributed by atoms with Crippen LogP contribution in [0.25, 0.3) is 0 Å². The summed E-state index contributed by atoms with van der Waals surface area (Å²) in [7, 11) is 0. The monoisotopic (exact) mass is 538 g/mol. The first-order valence-electron chi connectivity index (χ1n) is 14.6. The van der Waals surface area contributed by atoms with Crippen LogP contribution in [-0.4, -0.2) is 69.2 Å². The molecular weight excluding hydrogens is 500 g/mol. The van der Waals surface area contributed by atoms with Crippen LogP contribution in [0.5, 0.6) is 0 Å². The van der Waals surface area contributed by atoms with E-state index in [1.165, 1.54) is 0 Å². The first-order valence-corrected chi connectivity index (χ1v) is 14.6. The van der Waals surface area contributed by atoms with Gasteiger partial charge in [0.25, 0.3) is 11.8 Å². The van der Waals surface area contributed by atoms with Gasteiger partial charge in [-0.05, 0) is 99.9 Å². The summed E-state index contributed by atoms with van der Waals surface area (Å²) in [6.45, 7) is 1.89. The van der Waals surface area contributed by atoms with Gasteiger partial charge in [0.2, 0.25) is 0 Å². The highest BCUT2D eigenvalue weighted by Gasteiger charge is 2.28. The fraction of sp³-hybridized carbons (Fsp3) is 0.471. The molecule has 1 saturated heterocycles. The molecule has 3 aliphatic rings. The molecule has 5 rings (SSSR count). The highest BCUT2D eigenvalue weighted by Crippen LogP contribution is 2.28. The lowest BCUT2D eigenvalue weighted by atomic mass is 9.85. The molecule has 0 radical (unpaired) electrons. The van der Waals surface area contributed by atoms with Crippen molar-refractivity contribution in [3.05, 3.63) is 70.8 Å². The Hall–Kier alpha value is -3.58. The summed E-state index contributed by atoms with van der Waals surface area (Å²) in [4.78, 5) is 29.7. The van der Waals surface area contributed by atoms with E-state index < -0.39 is 11.2 Å². The maximum absolute atomic E-state index is 13.1. The minimum Gasteiger partial charge on any atom is -0.378 e. The van der Waals surface area contributed by atoms with Gasteiger partial charge in [0.1, 0.15) is 11.2 Å². The quantitative estimate of drug-likeness (QED) is 0.557. The van der Waals surface area contributed by atoms with Crippen LogP contribution in [0.1, 0.15) is 96.1 Å². The van der Waals surface area contributed by atoms with Crippen molar-refractivity contribution in [3.8, 4) is 23.7 Å². The molecule has 0 unspecified atom stereocenters. The van der Waals surface area contributed by atoms with E-state index in [2.05, 4.69) is 23.7 Å². The van der Waals surface area contributed by atoms with Crippen molar-refractivity contribution in [1.29, 1.82) is 0 Å². The fourth-order valence-electron chi connectivity index (χ4n) is 5.77. The first kappa shape index (κ1) is 28.0. The van der Waals surface area contributed by atoms with Crippen LogP contribution in [0, 0.1) is 23.7 Å². The summed E-state index contributed by atoms with van der Waals surface area (Å²) in [5.41, 5.74) is 0.976. The summed E-state index contributed by atoms with van der Waals surface area (Å²) in [6, 6.07) is 14.5. The minimum atomic E-state index is -0.891. The van der Waals surface area contributed by atoms with Gasteiger partial charge in [0, 0.05) is 48.4 Å². The largest absolute Gasteiger partial charge is 0.378 e. The van der Waals surface area contributed by atoms with Gasteiger partial charge in [-0.1, -0.05) is 36.5 Å². The number of rotatable bonds is 2. The molecule has 0 aromatic heterocycles. The molecular formula is C34H38N2O4. The van der Waals surface area contributed by atoms with Crippen molar-refractivity contribution in [2.24, 2.45) is 0 Å². The predicted molar refractivity (Wildman–Crippen MR) is 155 cm³/mol. The third kappa shape index (κ3) is 6.94. The predicted octanol–water partition coefficient (Wildman–Crippen LogP) is 4.38. The molecule has 1 heterocycles. The number of amides is 2. The summed E-state index contributed by atoms with van der Waals surface area (Å²) >= 11 is 0. The first-order chi connectivity index (χ1) is 19.3. The molecule has 6 nitrogen and oxygen atoms in total. The molecule has 2 N–H and O–H groups in total. The van der Waals surface area contributed by atoms with Gasteiger partial charge in [0.05, 0.1) is 0 Å². The van der Waals surface area contributed by atoms with Gasteiger partial charge in [-0.25, -0.2) is 0 Å². The van der Waals surface area contributed by atoms with E-state index in [0.717, 1.165) is 75.3 Å². The van der Waals surface area contributed by atoms with Crippen molar-refractivity contribution >= 4 is 11.8 Å². The lowest BCUT2D eigenvalue weighted by molar-refractivity contribution is 0.0535. The van der Waals surface area contributed by atoms with E-state index in [-0.39, 0.29) is 11.8 Å². The Morgan fingerprint density at radius 3 is 1.20 bits per heavy atom. The molecule has 0 atom stereocenters. The van der Waals surface area contributed by atoms with E-state index in [1.807, 2.05) is 24.3 Å². The number of hydrogen-bond donors (Lipinski definition) is 2. The van der Waals surface area contributed by atoms with Crippen LogP contribution < -0.4 is 0 Å². The number of carbonyl (C=O) groups excluding carboxylic acids is 2. The normalized spacial score (nSPS) is 19.9. The Bertz CT molecular complexity index is 1220. The zero-order chi connectivity index (χ0) is 28.0. The van der Waals surface area contributed by atoms with Crippen molar-refractivity contribution in [2.75, 3.05) is 26.2 Å². The molecule has 0 bridgehead atoms. The second-order valence-electron chi connectivity index (χ2n) is 11.4. The number of carbonyl (C=O) groups is 2. The average Bonchev–Trinajstić information content (AvgIpc) is 3.00. The highest BCUT2D eigenvalue weighted by atomic mass is 16.3. The van der Waals surface area contributed by atoms with Crippen LogP contribution in [0.4, 0.5) is 0 Å². The molecule has 2 aromatic carbocycles. The molecule has 208 valence electrons. The fourth-order valence-corrected chi connectivity index (χ4v) is 5.77. The maximum atomic E-state index is 13.1. The molecule has 0 spiro atoms. The number of benzene rings is 2. The van der Waals surface area contributed by atoms with Crippen LogP contribution >= 0.6 is 0 Å². The van der Waals surface area contributed by atoms with Gasteiger partial charge in [-0.3, -0.25) is 9.59 Å². The summed E-state index contributed by atoms with van der Waals surface area (Å²) in [5, 5.41) is 21.2. The molecule has 2 aromatic rings. The van der Waals surface area contributed by atoms with Crippen LogP contribution in [0.15, 0.2) is 48.5 Å². The van der Waals surface area contributed by atoms with E-state index in [1.54, 1.807) is 34.1 Å². The summed E-state index contributed by atoms with van der Waals surface area (Å²) in [5.74, 6) is 12.1. The number of hydrogen-bond acceptors (Lipinski definition) is 4. The Balaban J connectivity index is 1.13. The van der Waals surface area contributed by atoms with Crippen LogP contribution in [-0.2, 0) is 0 Å². The number of nitrogens with zero attached hydrogens (tertiary/aromatic N) is 2. The van der Waals surface area contributed by atoms with Crippen molar-refractivity contribution in [3.63, 3.8) is 0 Å². The average molecular weight is 539 g/mol. The lowest BCUT2D eigenvalue weighted by Crippen LogP contribution is -2.50. The molecule has 3 fully saturated rings. The second-order valence-corrected chi connectivity index (χ2v) is 11.4. The third-order valence-corrected chi connectivity index (χ3v) is 8.36. The molecule has 2 saturated carbocycles. The smallest absolute Gasteiger partial charge is 0.253 e. The SMILES string of the molecule is O=C(c1ccc(C#CC2(O)CCCCC2)cc1)N1CCN(C(=O)c2ccc(C#CC3(O)CCCCC3)cc2)CC1. The van der Waals surface area contributed by atoms with Gasteiger partial charge in [-0.2, -0.15) is 0 Å². The molecule has 2 aliphatic carbocycles. The van der Waals surface area contributed by atoms with Crippen molar-refractivity contribution < 1.29 is 19.8 Å². The van der Waals surface area contributed by atoms with E-state index in [9.17, 15) is 19.8 Å². The van der Waals surface area contributed by atoms with E-state index in [4.69, 9.17) is 0 Å².